The Kier molecular flexibility index (Phi) is 7.48. The van der Waals surface area contributed by atoms with Gasteiger partial charge in [0.25, 0.3) is 5.91 Å². The van der Waals surface area contributed by atoms with Crippen molar-refractivity contribution in [2.75, 3.05) is 10.6 Å². The van der Waals surface area contributed by atoms with Gasteiger partial charge in [-0.3, -0.25) is 4.79 Å². The van der Waals surface area contributed by atoms with Crippen molar-refractivity contribution in [3.8, 4) is 6.07 Å². The summed E-state index contributed by atoms with van der Waals surface area (Å²) in [7, 11) is 0. The Morgan fingerprint density at radius 1 is 1.12 bits per heavy atom. The SMILES string of the molecule is CCCCc1ccc(NC(=O)/C(C#N)=C\Nc2ccc(I)cc2)cc1. The van der Waals surface area contributed by atoms with Crippen LogP contribution in [0, 0.1) is 14.9 Å². The van der Waals surface area contributed by atoms with Gasteiger partial charge in [0.05, 0.1) is 0 Å². The monoisotopic (exact) mass is 445 g/mol. The second kappa shape index (κ2) is 9.84. The number of unbranched alkanes of at least 4 members (excludes halogenated alkanes) is 1. The molecule has 0 aromatic heterocycles. The quantitative estimate of drug-likeness (QED) is 0.355. The largest absolute Gasteiger partial charge is 0.360 e. The molecule has 0 fully saturated rings. The highest BCUT2D eigenvalue weighted by Gasteiger charge is 2.09. The normalized spacial score (nSPS) is 10.8. The van der Waals surface area contributed by atoms with Crippen molar-refractivity contribution in [3.05, 3.63) is 69.4 Å². The van der Waals surface area contributed by atoms with Crippen LogP contribution in [0.15, 0.2) is 60.3 Å². The topological polar surface area (TPSA) is 64.9 Å². The molecule has 0 aliphatic carbocycles. The number of aryl methyl sites for hydroxylation is 1. The van der Waals surface area contributed by atoms with Gasteiger partial charge in [-0.25, -0.2) is 0 Å². The molecule has 2 aromatic carbocycles. The Hall–Kier alpha value is -2.33. The molecule has 2 N–H and O–H groups in total. The summed E-state index contributed by atoms with van der Waals surface area (Å²) in [5, 5.41) is 14.9. The fraction of sp³-hybridized carbons (Fsp3) is 0.200. The summed E-state index contributed by atoms with van der Waals surface area (Å²) in [5.41, 5.74) is 2.77. The zero-order chi connectivity index (χ0) is 18.1. The number of anilines is 2. The van der Waals surface area contributed by atoms with Crippen molar-refractivity contribution in [2.24, 2.45) is 0 Å². The molecular formula is C20H20IN3O. The molecule has 0 heterocycles. The van der Waals surface area contributed by atoms with Crippen LogP contribution in [-0.2, 0) is 11.2 Å². The molecule has 0 saturated heterocycles. The number of halogens is 1. The molecule has 128 valence electrons. The maximum Gasteiger partial charge on any atom is 0.267 e. The summed E-state index contributed by atoms with van der Waals surface area (Å²) in [6.07, 6.45) is 4.76. The minimum atomic E-state index is -0.429. The number of benzene rings is 2. The van der Waals surface area contributed by atoms with Gasteiger partial charge in [0.2, 0.25) is 0 Å². The number of rotatable bonds is 7. The van der Waals surface area contributed by atoms with Crippen molar-refractivity contribution in [3.63, 3.8) is 0 Å². The Labute approximate surface area is 162 Å². The number of nitrogens with zero attached hydrogens (tertiary/aromatic N) is 1. The minimum Gasteiger partial charge on any atom is -0.360 e. The lowest BCUT2D eigenvalue weighted by Crippen LogP contribution is -2.14. The molecule has 0 atom stereocenters. The molecular weight excluding hydrogens is 425 g/mol. The maximum atomic E-state index is 12.2. The summed E-state index contributed by atoms with van der Waals surface area (Å²) in [6.45, 7) is 2.16. The van der Waals surface area contributed by atoms with E-state index in [-0.39, 0.29) is 5.57 Å². The predicted octanol–water partition coefficient (Wildman–Crippen LogP) is 5.09. The number of nitrogens with one attached hydrogen (secondary N) is 2. The van der Waals surface area contributed by atoms with Crippen molar-refractivity contribution in [1.82, 2.24) is 0 Å². The molecule has 0 aliphatic rings. The first kappa shape index (κ1) is 19.0. The number of hydrogen-bond donors (Lipinski definition) is 2. The maximum absolute atomic E-state index is 12.2. The van der Waals surface area contributed by atoms with Gasteiger partial charge < -0.3 is 10.6 Å². The van der Waals surface area contributed by atoms with Gasteiger partial charge >= 0.3 is 0 Å². The van der Waals surface area contributed by atoms with Crippen molar-refractivity contribution in [1.29, 1.82) is 5.26 Å². The Morgan fingerprint density at radius 2 is 1.76 bits per heavy atom. The first-order chi connectivity index (χ1) is 12.1. The van der Waals surface area contributed by atoms with E-state index in [0.29, 0.717) is 5.69 Å². The number of carbonyl (C=O) groups excluding carboxylic acids is 1. The molecule has 4 nitrogen and oxygen atoms in total. The lowest BCUT2D eigenvalue weighted by molar-refractivity contribution is -0.112. The summed E-state index contributed by atoms with van der Waals surface area (Å²) in [6, 6.07) is 17.3. The third kappa shape index (κ3) is 6.24. The zero-order valence-corrected chi connectivity index (χ0v) is 16.2. The van der Waals surface area contributed by atoms with Crippen molar-refractivity contribution < 1.29 is 4.79 Å². The van der Waals surface area contributed by atoms with Crippen LogP contribution in [0.4, 0.5) is 11.4 Å². The van der Waals surface area contributed by atoms with Gasteiger partial charge in [-0.1, -0.05) is 25.5 Å². The van der Waals surface area contributed by atoms with E-state index in [1.54, 1.807) is 0 Å². The second-order valence-electron chi connectivity index (χ2n) is 5.58. The summed E-state index contributed by atoms with van der Waals surface area (Å²) in [4.78, 5) is 12.2. The Morgan fingerprint density at radius 3 is 2.36 bits per heavy atom. The first-order valence-corrected chi connectivity index (χ1v) is 9.23. The third-order valence-corrected chi connectivity index (χ3v) is 4.34. The molecule has 0 aliphatic heterocycles. The molecule has 2 rings (SSSR count). The number of amides is 1. The highest BCUT2D eigenvalue weighted by molar-refractivity contribution is 14.1. The van der Waals surface area contributed by atoms with E-state index >= 15 is 0 Å². The van der Waals surface area contributed by atoms with Gasteiger partial charge in [0, 0.05) is 21.1 Å². The molecule has 0 saturated carbocycles. The Bertz CT molecular complexity index is 774. The number of carbonyl (C=O) groups is 1. The van der Waals surface area contributed by atoms with Gasteiger partial charge in [-0.15, -0.1) is 0 Å². The lowest BCUT2D eigenvalue weighted by atomic mass is 10.1. The van der Waals surface area contributed by atoms with Crippen LogP contribution in [0.3, 0.4) is 0 Å². The molecule has 0 radical (unpaired) electrons. The molecule has 0 unspecified atom stereocenters. The predicted molar refractivity (Wildman–Crippen MR) is 110 cm³/mol. The highest BCUT2D eigenvalue weighted by Crippen LogP contribution is 2.14. The standard InChI is InChI=1S/C20H20IN3O/c1-2-3-4-15-5-9-19(10-6-15)24-20(25)16(13-22)14-23-18-11-7-17(21)8-12-18/h5-12,14,23H,2-4H2,1H3,(H,24,25)/b16-14-. The fourth-order valence-electron chi connectivity index (χ4n) is 2.18. The molecule has 5 heteroatoms. The van der Waals surface area contributed by atoms with Gasteiger partial charge in [-0.05, 0) is 77.4 Å². The van der Waals surface area contributed by atoms with Crippen LogP contribution in [-0.4, -0.2) is 5.91 Å². The van der Waals surface area contributed by atoms with Crippen LogP contribution < -0.4 is 10.6 Å². The summed E-state index contributed by atoms with van der Waals surface area (Å²) in [5.74, 6) is -0.429. The molecule has 1 amide bonds. The second-order valence-corrected chi connectivity index (χ2v) is 6.82. The van der Waals surface area contributed by atoms with Crippen LogP contribution in [0.25, 0.3) is 0 Å². The van der Waals surface area contributed by atoms with Crippen molar-refractivity contribution in [2.45, 2.75) is 26.2 Å². The van der Waals surface area contributed by atoms with Crippen LogP contribution in [0.1, 0.15) is 25.3 Å². The Balaban J connectivity index is 1.98. The fourth-order valence-corrected chi connectivity index (χ4v) is 2.54. The van der Waals surface area contributed by atoms with E-state index in [0.717, 1.165) is 28.5 Å². The molecule has 25 heavy (non-hydrogen) atoms. The molecule has 2 aromatic rings. The molecule has 0 bridgehead atoms. The van der Waals surface area contributed by atoms with Crippen molar-refractivity contribution >= 4 is 39.9 Å². The first-order valence-electron chi connectivity index (χ1n) is 8.15. The van der Waals surface area contributed by atoms with E-state index in [1.165, 1.54) is 11.8 Å². The van der Waals surface area contributed by atoms with E-state index in [1.807, 2.05) is 54.6 Å². The highest BCUT2D eigenvalue weighted by atomic mass is 127. The average Bonchev–Trinajstić information content (AvgIpc) is 2.63. The van der Waals surface area contributed by atoms with E-state index in [4.69, 9.17) is 0 Å². The van der Waals surface area contributed by atoms with Crippen LogP contribution in [0.5, 0.6) is 0 Å². The third-order valence-electron chi connectivity index (χ3n) is 3.62. The van der Waals surface area contributed by atoms with E-state index < -0.39 is 5.91 Å². The van der Waals surface area contributed by atoms with Crippen LogP contribution >= 0.6 is 22.6 Å². The summed E-state index contributed by atoms with van der Waals surface area (Å²) >= 11 is 2.22. The van der Waals surface area contributed by atoms with Gasteiger partial charge in [0.15, 0.2) is 0 Å². The summed E-state index contributed by atoms with van der Waals surface area (Å²) < 4.78 is 1.12. The van der Waals surface area contributed by atoms with E-state index in [2.05, 4.69) is 40.1 Å². The van der Waals surface area contributed by atoms with Crippen LogP contribution in [0.2, 0.25) is 0 Å². The zero-order valence-electron chi connectivity index (χ0n) is 14.1. The number of hydrogen-bond acceptors (Lipinski definition) is 3. The lowest BCUT2D eigenvalue weighted by Gasteiger charge is -2.07. The molecule has 0 spiro atoms. The van der Waals surface area contributed by atoms with Gasteiger partial charge in [0.1, 0.15) is 11.6 Å². The average molecular weight is 445 g/mol. The van der Waals surface area contributed by atoms with Gasteiger partial charge in [-0.2, -0.15) is 5.26 Å². The smallest absolute Gasteiger partial charge is 0.267 e. The minimum absolute atomic E-state index is 0.0219. The number of nitriles is 1. The van der Waals surface area contributed by atoms with E-state index in [9.17, 15) is 10.1 Å².